The van der Waals surface area contributed by atoms with Crippen molar-refractivity contribution in [2.24, 2.45) is 11.3 Å². The molecule has 0 radical (unpaired) electrons. The van der Waals surface area contributed by atoms with E-state index in [1.165, 1.54) is 19.3 Å². The molecule has 1 aliphatic heterocycles. The molecule has 1 heterocycles. The molecule has 2 aliphatic rings. The zero-order chi connectivity index (χ0) is 12.3. The second-order valence-electron chi connectivity index (χ2n) is 5.80. The SMILES string of the molecule is CCC1(C(=O)N2CCC(CNC)C2)CCCC1. The standard InChI is InChI=1S/C14H26N2O/c1-3-14(7-4-5-8-14)13(17)16-9-6-12(11-16)10-15-2/h12,15H,3-11H2,1-2H3. The Hall–Kier alpha value is -0.570. The molecule has 2 fully saturated rings. The van der Waals surface area contributed by atoms with Crippen LogP contribution >= 0.6 is 0 Å². The van der Waals surface area contributed by atoms with Crippen molar-refractivity contribution in [2.75, 3.05) is 26.7 Å². The number of nitrogens with zero attached hydrogens (tertiary/aromatic N) is 1. The summed E-state index contributed by atoms with van der Waals surface area (Å²) in [4.78, 5) is 14.8. The molecule has 2 rings (SSSR count). The molecular weight excluding hydrogens is 212 g/mol. The van der Waals surface area contributed by atoms with Gasteiger partial charge in [-0.3, -0.25) is 4.79 Å². The van der Waals surface area contributed by atoms with E-state index in [1.807, 2.05) is 7.05 Å². The van der Waals surface area contributed by atoms with E-state index >= 15 is 0 Å². The van der Waals surface area contributed by atoms with Gasteiger partial charge in [-0.2, -0.15) is 0 Å². The first-order chi connectivity index (χ1) is 8.22. The molecule has 1 aliphatic carbocycles. The largest absolute Gasteiger partial charge is 0.342 e. The number of likely N-dealkylation sites (tertiary alicyclic amines) is 1. The monoisotopic (exact) mass is 238 g/mol. The normalized spacial score (nSPS) is 27.6. The quantitative estimate of drug-likeness (QED) is 0.812. The summed E-state index contributed by atoms with van der Waals surface area (Å²) in [5.41, 5.74) is 0.00847. The maximum atomic E-state index is 12.7. The Morgan fingerprint density at radius 1 is 1.41 bits per heavy atom. The van der Waals surface area contributed by atoms with Gasteiger partial charge >= 0.3 is 0 Å². The van der Waals surface area contributed by atoms with Gasteiger partial charge in [-0.15, -0.1) is 0 Å². The Kier molecular flexibility index (Phi) is 4.08. The third-order valence-electron chi connectivity index (χ3n) is 4.76. The molecule has 0 spiro atoms. The Bertz CT molecular complexity index is 271. The van der Waals surface area contributed by atoms with Crippen molar-refractivity contribution in [1.82, 2.24) is 10.2 Å². The third-order valence-corrected chi connectivity index (χ3v) is 4.76. The third kappa shape index (κ3) is 2.49. The molecule has 0 bridgehead atoms. The number of carbonyl (C=O) groups is 1. The fraction of sp³-hybridized carbons (Fsp3) is 0.929. The topological polar surface area (TPSA) is 32.3 Å². The number of hydrogen-bond acceptors (Lipinski definition) is 2. The van der Waals surface area contributed by atoms with Crippen LogP contribution < -0.4 is 5.32 Å². The summed E-state index contributed by atoms with van der Waals surface area (Å²) in [5.74, 6) is 1.12. The summed E-state index contributed by atoms with van der Waals surface area (Å²) in [6, 6.07) is 0. The molecule has 98 valence electrons. The van der Waals surface area contributed by atoms with Gasteiger partial charge < -0.3 is 10.2 Å². The minimum Gasteiger partial charge on any atom is -0.342 e. The van der Waals surface area contributed by atoms with E-state index < -0.39 is 0 Å². The maximum absolute atomic E-state index is 12.7. The molecule has 1 atom stereocenters. The molecule has 1 saturated heterocycles. The van der Waals surface area contributed by atoms with Crippen LogP contribution in [-0.4, -0.2) is 37.5 Å². The first-order valence-corrected chi connectivity index (χ1v) is 7.16. The van der Waals surface area contributed by atoms with E-state index in [1.54, 1.807) is 0 Å². The lowest BCUT2D eigenvalue weighted by Crippen LogP contribution is -2.41. The van der Waals surface area contributed by atoms with Crippen LogP contribution in [0.3, 0.4) is 0 Å². The first-order valence-electron chi connectivity index (χ1n) is 7.16. The van der Waals surface area contributed by atoms with Crippen LogP contribution in [0, 0.1) is 11.3 Å². The van der Waals surface area contributed by atoms with Gasteiger partial charge in [0.25, 0.3) is 0 Å². The highest BCUT2D eigenvalue weighted by Gasteiger charge is 2.43. The minimum absolute atomic E-state index is 0.00847. The summed E-state index contributed by atoms with van der Waals surface area (Å²) in [5, 5.41) is 3.22. The molecule has 0 aromatic heterocycles. The Labute approximate surface area is 105 Å². The summed E-state index contributed by atoms with van der Waals surface area (Å²) in [6.07, 6.45) is 6.93. The van der Waals surface area contributed by atoms with Crippen LogP contribution in [0.5, 0.6) is 0 Å². The molecule has 1 N–H and O–H groups in total. The van der Waals surface area contributed by atoms with E-state index in [2.05, 4.69) is 17.1 Å². The van der Waals surface area contributed by atoms with E-state index in [-0.39, 0.29) is 5.41 Å². The molecule has 1 unspecified atom stereocenters. The highest BCUT2D eigenvalue weighted by molar-refractivity contribution is 5.83. The van der Waals surface area contributed by atoms with Gasteiger partial charge in [0.05, 0.1) is 0 Å². The fourth-order valence-electron chi connectivity index (χ4n) is 3.58. The highest BCUT2D eigenvalue weighted by Crippen LogP contribution is 2.43. The van der Waals surface area contributed by atoms with E-state index in [0.29, 0.717) is 11.8 Å². The molecule has 1 saturated carbocycles. The van der Waals surface area contributed by atoms with Crippen LogP contribution in [0.25, 0.3) is 0 Å². The lowest BCUT2D eigenvalue weighted by atomic mass is 9.82. The van der Waals surface area contributed by atoms with Crippen LogP contribution in [0.2, 0.25) is 0 Å². The van der Waals surface area contributed by atoms with Crippen LogP contribution in [0.1, 0.15) is 45.4 Å². The lowest BCUT2D eigenvalue weighted by Gasteiger charge is -2.31. The van der Waals surface area contributed by atoms with Gasteiger partial charge in [0, 0.05) is 18.5 Å². The fourth-order valence-corrected chi connectivity index (χ4v) is 3.58. The number of nitrogens with one attached hydrogen (secondary N) is 1. The van der Waals surface area contributed by atoms with Crippen molar-refractivity contribution in [3.8, 4) is 0 Å². The van der Waals surface area contributed by atoms with E-state index in [9.17, 15) is 4.79 Å². The van der Waals surface area contributed by atoms with Gasteiger partial charge in [-0.05, 0) is 45.2 Å². The molecule has 0 aromatic carbocycles. The van der Waals surface area contributed by atoms with Crippen molar-refractivity contribution < 1.29 is 4.79 Å². The predicted octanol–water partition coefficient (Wildman–Crippen LogP) is 2.02. The van der Waals surface area contributed by atoms with Gasteiger partial charge in [-0.1, -0.05) is 19.8 Å². The number of carbonyl (C=O) groups excluding carboxylic acids is 1. The molecular formula is C14H26N2O. The average Bonchev–Trinajstić information content (AvgIpc) is 2.98. The zero-order valence-electron chi connectivity index (χ0n) is 11.3. The van der Waals surface area contributed by atoms with Crippen LogP contribution in [-0.2, 0) is 4.79 Å². The number of hydrogen-bond donors (Lipinski definition) is 1. The smallest absolute Gasteiger partial charge is 0.228 e. The molecule has 0 aromatic rings. The van der Waals surface area contributed by atoms with E-state index in [0.717, 1.165) is 38.9 Å². The molecule has 3 nitrogen and oxygen atoms in total. The van der Waals surface area contributed by atoms with Gasteiger partial charge in [0.2, 0.25) is 5.91 Å². The lowest BCUT2D eigenvalue weighted by molar-refractivity contribution is -0.141. The van der Waals surface area contributed by atoms with Crippen molar-refractivity contribution >= 4 is 5.91 Å². The van der Waals surface area contributed by atoms with Crippen molar-refractivity contribution in [3.63, 3.8) is 0 Å². The second kappa shape index (κ2) is 5.38. The van der Waals surface area contributed by atoms with Crippen LogP contribution in [0.4, 0.5) is 0 Å². The minimum atomic E-state index is 0.00847. The summed E-state index contributed by atoms with van der Waals surface area (Å²) >= 11 is 0. The Morgan fingerprint density at radius 3 is 2.71 bits per heavy atom. The van der Waals surface area contributed by atoms with Crippen molar-refractivity contribution in [2.45, 2.75) is 45.4 Å². The molecule has 17 heavy (non-hydrogen) atoms. The molecule has 1 amide bonds. The van der Waals surface area contributed by atoms with Crippen LogP contribution in [0.15, 0.2) is 0 Å². The predicted molar refractivity (Wildman–Crippen MR) is 69.8 cm³/mol. The zero-order valence-corrected chi connectivity index (χ0v) is 11.3. The Balaban J connectivity index is 1.96. The van der Waals surface area contributed by atoms with Gasteiger partial charge in [0.15, 0.2) is 0 Å². The summed E-state index contributed by atoms with van der Waals surface area (Å²) in [7, 11) is 2.00. The van der Waals surface area contributed by atoms with E-state index in [4.69, 9.17) is 0 Å². The maximum Gasteiger partial charge on any atom is 0.228 e. The van der Waals surface area contributed by atoms with Gasteiger partial charge in [0.1, 0.15) is 0 Å². The number of rotatable bonds is 4. The first kappa shape index (κ1) is 12.9. The average molecular weight is 238 g/mol. The second-order valence-corrected chi connectivity index (χ2v) is 5.80. The summed E-state index contributed by atoms with van der Waals surface area (Å²) in [6.45, 7) is 5.18. The Morgan fingerprint density at radius 2 is 2.12 bits per heavy atom. The number of amides is 1. The molecule has 3 heteroatoms. The van der Waals surface area contributed by atoms with Crippen molar-refractivity contribution in [1.29, 1.82) is 0 Å². The van der Waals surface area contributed by atoms with Crippen molar-refractivity contribution in [3.05, 3.63) is 0 Å². The highest BCUT2D eigenvalue weighted by atomic mass is 16.2. The summed E-state index contributed by atoms with van der Waals surface area (Å²) < 4.78 is 0. The van der Waals surface area contributed by atoms with Gasteiger partial charge in [-0.25, -0.2) is 0 Å².